The summed E-state index contributed by atoms with van der Waals surface area (Å²) < 4.78 is 8.06. The van der Waals surface area contributed by atoms with Gasteiger partial charge in [0, 0.05) is 53.9 Å². The van der Waals surface area contributed by atoms with Crippen molar-refractivity contribution in [1.29, 1.82) is 0 Å². The van der Waals surface area contributed by atoms with Crippen molar-refractivity contribution in [1.82, 2.24) is 14.5 Å². The Labute approximate surface area is 163 Å². The van der Waals surface area contributed by atoms with Gasteiger partial charge in [0.25, 0.3) is 0 Å². The summed E-state index contributed by atoms with van der Waals surface area (Å²) in [7, 11) is 0. The van der Waals surface area contributed by atoms with Crippen LogP contribution in [-0.4, -0.2) is 39.3 Å². The van der Waals surface area contributed by atoms with Crippen LogP contribution in [0.25, 0.3) is 10.4 Å². The molecule has 0 aliphatic carbocycles. The number of hydrogen-bond donors (Lipinski definition) is 1. The Kier molecular flexibility index (Phi) is 5.18. The van der Waals surface area contributed by atoms with Gasteiger partial charge in [0.05, 0.1) is 0 Å². The third-order valence-corrected chi connectivity index (χ3v) is 6.07. The second kappa shape index (κ2) is 7.74. The van der Waals surface area contributed by atoms with Gasteiger partial charge in [-0.15, -0.1) is 11.3 Å². The molecule has 1 aliphatic rings. The van der Waals surface area contributed by atoms with Gasteiger partial charge in [0.15, 0.2) is 11.5 Å². The third kappa shape index (κ3) is 4.01. The summed E-state index contributed by atoms with van der Waals surface area (Å²) in [6.07, 6.45) is 4.94. The summed E-state index contributed by atoms with van der Waals surface area (Å²) in [5.74, 6) is 1.93. The Morgan fingerprint density at radius 3 is 2.85 bits per heavy atom. The van der Waals surface area contributed by atoms with Gasteiger partial charge in [0.2, 0.25) is 0 Å². The maximum absolute atomic E-state index is 10.5. The molecule has 0 amide bonds. The second-order valence-electron chi connectivity index (χ2n) is 7.04. The topological polar surface area (TPSA) is 50.5 Å². The molecule has 4 rings (SSSR count). The average molecular weight is 384 g/mol. The van der Waals surface area contributed by atoms with Gasteiger partial charge >= 0.3 is 0 Å². The van der Waals surface area contributed by atoms with Crippen LogP contribution >= 0.6 is 11.3 Å². The lowest BCUT2D eigenvalue weighted by Crippen LogP contribution is -2.27. The molecule has 0 saturated heterocycles. The number of aryl methyl sites for hydroxylation is 3. The maximum atomic E-state index is 10.5. The SMILES string of the molecule is Cc1ccc(-c2cc(O)c3c(c2)CN(CCCn2ccnc2C)CCO3)s1. The van der Waals surface area contributed by atoms with Gasteiger partial charge in [-0.2, -0.15) is 0 Å². The fourth-order valence-corrected chi connectivity index (χ4v) is 4.44. The van der Waals surface area contributed by atoms with Crippen LogP contribution < -0.4 is 4.74 Å². The van der Waals surface area contributed by atoms with Crippen molar-refractivity contribution in [2.75, 3.05) is 19.7 Å². The second-order valence-corrected chi connectivity index (χ2v) is 8.33. The maximum Gasteiger partial charge on any atom is 0.165 e. The number of nitrogens with zero attached hydrogens (tertiary/aromatic N) is 3. The van der Waals surface area contributed by atoms with Gasteiger partial charge in [-0.25, -0.2) is 4.98 Å². The Hall–Kier alpha value is -2.31. The molecule has 3 heterocycles. The van der Waals surface area contributed by atoms with E-state index in [0.717, 1.165) is 49.6 Å². The Morgan fingerprint density at radius 1 is 1.22 bits per heavy atom. The largest absolute Gasteiger partial charge is 0.504 e. The molecular weight excluding hydrogens is 358 g/mol. The Morgan fingerprint density at radius 2 is 2.11 bits per heavy atom. The molecule has 5 nitrogen and oxygen atoms in total. The third-order valence-electron chi connectivity index (χ3n) is 5.02. The van der Waals surface area contributed by atoms with Crippen molar-refractivity contribution in [3.05, 3.63) is 52.9 Å². The zero-order valence-corrected chi connectivity index (χ0v) is 16.6. The number of aromatic hydroxyl groups is 1. The van der Waals surface area contributed by atoms with E-state index >= 15 is 0 Å². The van der Waals surface area contributed by atoms with Crippen LogP contribution in [0.2, 0.25) is 0 Å². The molecule has 0 fully saturated rings. The van der Waals surface area contributed by atoms with Gasteiger partial charge in [-0.1, -0.05) is 0 Å². The minimum Gasteiger partial charge on any atom is -0.504 e. The summed E-state index contributed by atoms with van der Waals surface area (Å²) in [6.45, 7) is 8.35. The zero-order valence-electron chi connectivity index (χ0n) is 15.8. The number of phenolic OH excluding ortho intramolecular Hbond substituents is 1. The molecule has 27 heavy (non-hydrogen) atoms. The number of hydrogen-bond acceptors (Lipinski definition) is 5. The van der Waals surface area contributed by atoms with Crippen LogP contribution in [-0.2, 0) is 13.1 Å². The van der Waals surface area contributed by atoms with Crippen LogP contribution in [0.4, 0.5) is 0 Å². The van der Waals surface area contributed by atoms with E-state index in [1.165, 1.54) is 9.75 Å². The molecule has 0 saturated carbocycles. The number of phenols is 1. The minimum atomic E-state index is 0.240. The minimum absolute atomic E-state index is 0.240. The van der Waals surface area contributed by atoms with Gasteiger partial charge < -0.3 is 14.4 Å². The number of imidazole rings is 1. The zero-order chi connectivity index (χ0) is 18.8. The molecule has 0 spiro atoms. The fraction of sp³-hybridized carbons (Fsp3) is 0.381. The highest BCUT2D eigenvalue weighted by molar-refractivity contribution is 7.15. The van der Waals surface area contributed by atoms with Crippen molar-refractivity contribution in [3.63, 3.8) is 0 Å². The summed E-state index contributed by atoms with van der Waals surface area (Å²) in [6, 6.07) is 8.22. The Balaban J connectivity index is 1.48. The van der Waals surface area contributed by atoms with E-state index in [2.05, 4.69) is 39.6 Å². The molecule has 0 atom stereocenters. The summed E-state index contributed by atoms with van der Waals surface area (Å²) in [5.41, 5.74) is 2.12. The lowest BCUT2D eigenvalue weighted by Gasteiger charge is -2.19. The molecule has 142 valence electrons. The fourth-order valence-electron chi connectivity index (χ4n) is 3.58. The van der Waals surface area contributed by atoms with Crippen molar-refractivity contribution < 1.29 is 9.84 Å². The first-order chi connectivity index (χ1) is 13.1. The van der Waals surface area contributed by atoms with E-state index in [-0.39, 0.29) is 5.75 Å². The first-order valence-electron chi connectivity index (χ1n) is 9.36. The molecule has 1 aromatic carbocycles. The number of fused-ring (bicyclic) bond motifs is 1. The summed E-state index contributed by atoms with van der Waals surface area (Å²) in [4.78, 5) is 9.13. The van der Waals surface area contributed by atoms with E-state index < -0.39 is 0 Å². The van der Waals surface area contributed by atoms with Crippen LogP contribution in [0, 0.1) is 13.8 Å². The molecule has 2 aromatic heterocycles. The van der Waals surface area contributed by atoms with E-state index in [4.69, 9.17) is 4.74 Å². The molecule has 0 unspecified atom stereocenters. The number of ether oxygens (including phenoxy) is 1. The van der Waals surface area contributed by atoms with E-state index in [1.807, 2.05) is 25.4 Å². The summed E-state index contributed by atoms with van der Waals surface area (Å²) >= 11 is 1.75. The highest BCUT2D eigenvalue weighted by atomic mass is 32.1. The standard InChI is InChI=1S/C21H25N3O2S/c1-15-4-5-20(27-15)17-12-18-14-23(10-11-26-21(18)19(25)13-17)7-3-8-24-9-6-22-16(24)2/h4-6,9,12-13,25H,3,7-8,10-11,14H2,1-2H3. The van der Waals surface area contributed by atoms with E-state index in [1.54, 1.807) is 11.3 Å². The first kappa shape index (κ1) is 18.1. The molecular formula is C21H25N3O2S. The predicted octanol–water partition coefficient (Wildman–Crippen LogP) is 4.22. The average Bonchev–Trinajstić information content (AvgIpc) is 3.18. The van der Waals surface area contributed by atoms with Crippen molar-refractivity contribution in [2.45, 2.75) is 33.4 Å². The normalized spacial score (nSPS) is 14.6. The van der Waals surface area contributed by atoms with Gasteiger partial charge in [-0.3, -0.25) is 4.90 Å². The smallest absolute Gasteiger partial charge is 0.165 e. The molecule has 0 bridgehead atoms. The monoisotopic (exact) mass is 383 g/mol. The molecule has 6 heteroatoms. The van der Waals surface area contributed by atoms with Gasteiger partial charge in [-0.05, 0) is 50.1 Å². The molecule has 1 aliphatic heterocycles. The Bertz CT molecular complexity index is 931. The van der Waals surface area contributed by atoms with Crippen LogP contribution in [0.3, 0.4) is 0 Å². The molecule has 3 aromatic rings. The quantitative estimate of drug-likeness (QED) is 0.717. The highest BCUT2D eigenvalue weighted by Crippen LogP contribution is 2.39. The van der Waals surface area contributed by atoms with Crippen LogP contribution in [0.5, 0.6) is 11.5 Å². The van der Waals surface area contributed by atoms with Crippen LogP contribution in [0.1, 0.15) is 22.7 Å². The molecule has 1 N–H and O–H groups in total. The number of thiophene rings is 1. The first-order valence-corrected chi connectivity index (χ1v) is 10.2. The van der Waals surface area contributed by atoms with E-state index in [9.17, 15) is 5.11 Å². The van der Waals surface area contributed by atoms with Crippen molar-refractivity contribution in [2.24, 2.45) is 0 Å². The van der Waals surface area contributed by atoms with Crippen LogP contribution in [0.15, 0.2) is 36.7 Å². The van der Waals surface area contributed by atoms with E-state index in [0.29, 0.717) is 12.4 Å². The molecule has 0 radical (unpaired) electrons. The van der Waals surface area contributed by atoms with Gasteiger partial charge in [0.1, 0.15) is 12.4 Å². The lowest BCUT2D eigenvalue weighted by molar-refractivity contribution is 0.218. The number of rotatable bonds is 5. The lowest BCUT2D eigenvalue weighted by atomic mass is 10.1. The summed E-state index contributed by atoms with van der Waals surface area (Å²) in [5, 5.41) is 10.5. The number of aromatic nitrogens is 2. The number of benzene rings is 1. The van der Waals surface area contributed by atoms with Crippen molar-refractivity contribution in [3.8, 4) is 21.9 Å². The highest BCUT2D eigenvalue weighted by Gasteiger charge is 2.20. The predicted molar refractivity (Wildman–Crippen MR) is 109 cm³/mol. The van der Waals surface area contributed by atoms with Crippen molar-refractivity contribution >= 4 is 11.3 Å².